The molecule has 0 saturated heterocycles. The molecule has 0 aliphatic heterocycles. The van der Waals surface area contributed by atoms with Crippen LogP contribution in [0, 0.1) is 0 Å². The Morgan fingerprint density at radius 1 is 1.10 bits per heavy atom. The summed E-state index contributed by atoms with van der Waals surface area (Å²) >= 11 is 1.57. The normalized spacial score (nSPS) is 11.1. The van der Waals surface area contributed by atoms with E-state index in [1.165, 1.54) is 12.1 Å². The summed E-state index contributed by atoms with van der Waals surface area (Å²) in [5.74, 6) is -0.390. The zero-order valence-corrected chi connectivity index (χ0v) is 12.9. The average molecular weight is 322 g/mol. The van der Waals surface area contributed by atoms with Gasteiger partial charge in [0.1, 0.15) is 4.90 Å². The minimum Gasteiger partial charge on any atom is -0.321 e. The van der Waals surface area contributed by atoms with Gasteiger partial charge in [-0.15, -0.1) is 11.8 Å². The largest absolute Gasteiger partial charge is 0.321 e. The molecule has 0 heterocycles. The number of benzene rings is 2. The van der Waals surface area contributed by atoms with E-state index in [-0.39, 0.29) is 10.6 Å². The fourth-order valence-electron chi connectivity index (χ4n) is 1.75. The molecule has 0 aliphatic carbocycles. The molecule has 0 saturated carbocycles. The van der Waals surface area contributed by atoms with Gasteiger partial charge in [0.15, 0.2) is 0 Å². The van der Waals surface area contributed by atoms with E-state index in [1.807, 2.05) is 18.4 Å². The molecule has 0 fully saturated rings. The highest BCUT2D eigenvalue weighted by molar-refractivity contribution is 7.98. The summed E-state index contributed by atoms with van der Waals surface area (Å²) in [6.07, 6.45) is 1.94. The van der Waals surface area contributed by atoms with E-state index in [0.717, 1.165) is 4.90 Å². The first-order valence-corrected chi connectivity index (χ1v) is 8.76. The predicted octanol–water partition coefficient (Wildman–Crippen LogP) is 2.31. The number of hydrogen-bond donors (Lipinski definition) is 2. The van der Waals surface area contributed by atoms with Crippen molar-refractivity contribution in [3.63, 3.8) is 0 Å². The fourth-order valence-corrected chi connectivity index (χ4v) is 2.86. The van der Waals surface area contributed by atoms with Crippen molar-refractivity contribution < 1.29 is 13.2 Å². The molecule has 5 nitrogen and oxygen atoms in total. The monoisotopic (exact) mass is 322 g/mol. The first kappa shape index (κ1) is 15.6. The van der Waals surface area contributed by atoms with Gasteiger partial charge in [0, 0.05) is 10.5 Å². The number of amides is 1. The van der Waals surface area contributed by atoms with Crippen LogP contribution in [0.4, 0.5) is 5.69 Å². The number of rotatable bonds is 4. The molecule has 2 rings (SSSR count). The molecule has 2 aromatic rings. The van der Waals surface area contributed by atoms with E-state index in [1.54, 1.807) is 36.0 Å². The lowest BCUT2D eigenvalue weighted by molar-refractivity contribution is 0.102. The first-order chi connectivity index (χ1) is 9.91. The molecule has 21 heavy (non-hydrogen) atoms. The van der Waals surface area contributed by atoms with Crippen LogP contribution in [-0.4, -0.2) is 20.6 Å². The lowest BCUT2D eigenvalue weighted by Gasteiger charge is -2.09. The molecular formula is C14H14N2O3S2. The molecule has 0 spiro atoms. The fraction of sp³-hybridized carbons (Fsp3) is 0.0714. The summed E-state index contributed by atoms with van der Waals surface area (Å²) < 4.78 is 23.0. The third kappa shape index (κ3) is 3.84. The zero-order chi connectivity index (χ0) is 15.5. The van der Waals surface area contributed by atoms with Gasteiger partial charge in [-0.1, -0.05) is 12.1 Å². The number of thioether (sulfide) groups is 1. The van der Waals surface area contributed by atoms with Crippen molar-refractivity contribution in [1.82, 2.24) is 0 Å². The molecule has 0 unspecified atom stereocenters. The summed E-state index contributed by atoms with van der Waals surface area (Å²) in [5, 5.41) is 7.69. The van der Waals surface area contributed by atoms with Gasteiger partial charge >= 0.3 is 0 Å². The Morgan fingerprint density at radius 2 is 1.71 bits per heavy atom. The maximum atomic E-state index is 12.1. The molecular weight excluding hydrogens is 308 g/mol. The highest BCUT2D eigenvalue weighted by Gasteiger charge is 2.15. The van der Waals surface area contributed by atoms with Crippen LogP contribution in [0.25, 0.3) is 0 Å². The van der Waals surface area contributed by atoms with E-state index >= 15 is 0 Å². The molecule has 1 amide bonds. The van der Waals surface area contributed by atoms with Crippen molar-refractivity contribution >= 4 is 33.4 Å². The predicted molar refractivity (Wildman–Crippen MR) is 84.0 cm³/mol. The van der Waals surface area contributed by atoms with Crippen LogP contribution in [0.2, 0.25) is 0 Å². The molecule has 0 aromatic heterocycles. The Morgan fingerprint density at radius 3 is 2.29 bits per heavy atom. The van der Waals surface area contributed by atoms with E-state index in [4.69, 9.17) is 5.14 Å². The van der Waals surface area contributed by atoms with Crippen molar-refractivity contribution in [1.29, 1.82) is 0 Å². The molecule has 3 N–H and O–H groups in total. The quantitative estimate of drug-likeness (QED) is 0.845. The molecule has 2 aromatic carbocycles. The first-order valence-electron chi connectivity index (χ1n) is 5.99. The van der Waals surface area contributed by atoms with Crippen LogP contribution in [0.1, 0.15) is 10.4 Å². The second-order valence-corrected chi connectivity index (χ2v) is 6.63. The smallest absolute Gasteiger partial charge is 0.255 e. The molecule has 0 radical (unpaired) electrons. The molecule has 0 bridgehead atoms. The standard InChI is InChI=1S/C14H14N2O3S2/c1-20-11-8-6-10(7-9-11)14(17)16-12-4-2-3-5-13(12)21(15,18)19/h2-9H,1H3,(H,16,17)(H2,15,18,19). The van der Waals surface area contributed by atoms with E-state index < -0.39 is 15.9 Å². The van der Waals surface area contributed by atoms with Gasteiger partial charge in [0.05, 0.1) is 5.69 Å². The lowest BCUT2D eigenvalue weighted by atomic mass is 10.2. The van der Waals surface area contributed by atoms with Gasteiger partial charge in [0.25, 0.3) is 5.91 Å². The number of primary sulfonamides is 1. The summed E-state index contributed by atoms with van der Waals surface area (Å²) in [5.41, 5.74) is 0.607. The van der Waals surface area contributed by atoms with E-state index in [9.17, 15) is 13.2 Å². The number of carbonyl (C=O) groups is 1. The number of hydrogen-bond acceptors (Lipinski definition) is 4. The van der Waals surface area contributed by atoms with Gasteiger partial charge in [-0.3, -0.25) is 4.79 Å². The van der Waals surface area contributed by atoms with Crippen LogP contribution in [0.5, 0.6) is 0 Å². The van der Waals surface area contributed by atoms with Crippen molar-refractivity contribution in [2.24, 2.45) is 5.14 Å². The van der Waals surface area contributed by atoms with Crippen LogP contribution >= 0.6 is 11.8 Å². The molecule has 110 valence electrons. The van der Waals surface area contributed by atoms with Gasteiger partial charge < -0.3 is 5.32 Å². The Bertz CT molecular complexity index is 756. The van der Waals surface area contributed by atoms with Gasteiger partial charge in [-0.05, 0) is 42.7 Å². The molecule has 0 atom stereocenters. The topological polar surface area (TPSA) is 89.3 Å². The van der Waals surface area contributed by atoms with Crippen LogP contribution in [0.15, 0.2) is 58.3 Å². The number of carbonyl (C=O) groups excluding carboxylic acids is 1. The summed E-state index contributed by atoms with van der Waals surface area (Å²) in [7, 11) is -3.89. The number of nitrogens with two attached hydrogens (primary N) is 1. The third-order valence-electron chi connectivity index (χ3n) is 2.79. The summed E-state index contributed by atoms with van der Waals surface area (Å²) in [6, 6.07) is 13.0. The molecule has 7 heteroatoms. The maximum absolute atomic E-state index is 12.1. The highest BCUT2D eigenvalue weighted by atomic mass is 32.2. The number of anilines is 1. The van der Waals surface area contributed by atoms with Gasteiger partial charge in [-0.2, -0.15) is 0 Å². The lowest BCUT2D eigenvalue weighted by Crippen LogP contribution is -2.18. The van der Waals surface area contributed by atoms with Crippen LogP contribution in [-0.2, 0) is 10.0 Å². The Balaban J connectivity index is 2.27. The number of sulfonamides is 1. The minimum absolute atomic E-state index is 0.112. The van der Waals surface area contributed by atoms with Crippen molar-refractivity contribution in [2.45, 2.75) is 9.79 Å². The Kier molecular flexibility index (Phi) is 4.66. The summed E-state index contributed by atoms with van der Waals surface area (Å²) in [4.78, 5) is 13.1. The molecule has 0 aliphatic rings. The zero-order valence-electron chi connectivity index (χ0n) is 11.2. The summed E-state index contributed by atoms with van der Waals surface area (Å²) in [6.45, 7) is 0. The second-order valence-electron chi connectivity index (χ2n) is 4.22. The van der Waals surface area contributed by atoms with Crippen molar-refractivity contribution in [3.8, 4) is 0 Å². The number of para-hydroxylation sites is 1. The van der Waals surface area contributed by atoms with Crippen LogP contribution in [0.3, 0.4) is 0 Å². The van der Waals surface area contributed by atoms with Gasteiger partial charge in [0.2, 0.25) is 10.0 Å². The Hall–Kier alpha value is -1.83. The average Bonchev–Trinajstić information content (AvgIpc) is 2.47. The van der Waals surface area contributed by atoms with Crippen molar-refractivity contribution in [3.05, 3.63) is 54.1 Å². The highest BCUT2D eigenvalue weighted by Crippen LogP contribution is 2.21. The third-order valence-corrected chi connectivity index (χ3v) is 4.51. The minimum atomic E-state index is -3.89. The van der Waals surface area contributed by atoms with E-state index in [0.29, 0.717) is 5.56 Å². The number of nitrogens with one attached hydrogen (secondary N) is 1. The maximum Gasteiger partial charge on any atom is 0.255 e. The van der Waals surface area contributed by atoms with Gasteiger partial charge in [-0.25, -0.2) is 13.6 Å². The van der Waals surface area contributed by atoms with E-state index in [2.05, 4.69) is 5.32 Å². The van der Waals surface area contributed by atoms with Crippen LogP contribution < -0.4 is 10.5 Å². The SMILES string of the molecule is CSc1ccc(C(=O)Nc2ccccc2S(N)(=O)=O)cc1. The second kappa shape index (κ2) is 6.30. The Labute approximate surface area is 127 Å². The van der Waals surface area contributed by atoms with Crippen molar-refractivity contribution in [2.75, 3.05) is 11.6 Å².